The molecule has 1 aromatic heterocycles. The van der Waals surface area contributed by atoms with E-state index >= 15 is 0 Å². The number of hydrogen-bond acceptors (Lipinski definition) is 4. The number of carbonyl (C=O) groups is 2. The van der Waals surface area contributed by atoms with E-state index < -0.39 is 5.54 Å². The van der Waals surface area contributed by atoms with Crippen molar-refractivity contribution in [3.05, 3.63) is 23.9 Å². The van der Waals surface area contributed by atoms with E-state index in [-0.39, 0.29) is 17.6 Å². The van der Waals surface area contributed by atoms with Gasteiger partial charge in [0.2, 0.25) is 5.91 Å². The van der Waals surface area contributed by atoms with Crippen molar-refractivity contribution in [3.8, 4) is 0 Å². The summed E-state index contributed by atoms with van der Waals surface area (Å²) in [4.78, 5) is 29.6. The van der Waals surface area contributed by atoms with Gasteiger partial charge in [0.05, 0.1) is 5.56 Å². The molecule has 6 heteroatoms. The molecule has 96 valence electrons. The molecule has 18 heavy (non-hydrogen) atoms. The Labute approximate surface area is 105 Å². The fraction of sp³-hybridized carbons (Fsp3) is 0.417. The van der Waals surface area contributed by atoms with Crippen molar-refractivity contribution >= 4 is 17.6 Å². The molecule has 0 spiro atoms. The first kappa shape index (κ1) is 12.3. The lowest BCUT2D eigenvalue weighted by Gasteiger charge is -2.41. The zero-order valence-electron chi connectivity index (χ0n) is 10.4. The average molecular weight is 248 g/mol. The third-order valence-corrected chi connectivity index (χ3v) is 3.17. The molecule has 6 nitrogen and oxygen atoms in total. The van der Waals surface area contributed by atoms with E-state index in [1.54, 1.807) is 26.0 Å². The van der Waals surface area contributed by atoms with Crippen molar-refractivity contribution in [2.75, 3.05) is 18.8 Å². The molecule has 1 aliphatic heterocycles. The molecule has 1 saturated heterocycles. The van der Waals surface area contributed by atoms with Gasteiger partial charge in [-0.2, -0.15) is 0 Å². The molecule has 0 aromatic carbocycles. The Morgan fingerprint density at radius 3 is 2.94 bits per heavy atom. The molecular formula is C12H16N4O2. The maximum Gasteiger partial charge on any atom is 0.258 e. The zero-order valence-corrected chi connectivity index (χ0v) is 10.4. The van der Waals surface area contributed by atoms with Gasteiger partial charge in [0.25, 0.3) is 5.91 Å². The largest absolute Gasteiger partial charge is 0.383 e. The number of pyridine rings is 1. The van der Waals surface area contributed by atoms with Gasteiger partial charge in [0.15, 0.2) is 0 Å². The number of anilines is 1. The van der Waals surface area contributed by atoms with Gasteiger partial charge < -0.3 is 16.0 Å². The summed E-state index contributed by atoms with van der Waals surface area (Å²) in [6, 6.07) is 3.27. The maximum absolute atomic E-state index is 12.4. The number of hydrogen-bond donors (Lipinski definition) is 2. The van der Waals surface area contributed by atoms with Crippen LogP contribution in [0.3, 0.4) is 0 Å². The number of aromatic nitrogens is 1. The Kier molecular flexibility index (Phi) is 2.94. The molecule has 0 atom stereocenters. The summed E-state index contributed by atoms with van der Waals surface area (Å²) in [6.45, 7) is 4.35. The van der Waals surface area contributed by atoms with Gasteiger partial charge in [0.1, 0.15) is 11.4 Å². The monoisotopic (exact) mass is 248 g/mol. The summed E-state index contributed by atoms with van der Waals surface area (Å²) >= 11 is 0. The van der Waals surface area contributed by atoms with E-state index in [2.05, 4.69) is 10.3 Å². The number of nitrogens with zero attached hydrogens (tertiary/aromatic N) is 2. The molecule has 0 bridgehead atoms. The molecule has 0 saturated carbocycles. The van der Waals surface area contributed by atoms with Crippen molar-refractivity contribution in [1.29, 1.82) is 0 Å². The highest BCUT2D eigenvalue weighted by Crippen LogP contribution is 2.22. The Hall–Kier alpha value is -2.11. The normalized spacial score (nSPS) is 18.3. The van der Waals surface area contributed by atoms with Gasteiger partial charge >= 0.3 is 0 Å². The molecule has 2 amide bonds. The number of nitrogen functional groups attached to an aromatic ring is 1. The highest BCUT2D eigenvalue weighted by Gasteiger charge is 2.41. The third kappa shape index (κ3) is 1.90. The minimum absolute atomic E-state index is 0.162. The molecule has 1 aliphatic rings. The number of piperazine rings is 1. The van der Waals surface area contributed by atoms with Gasteiger partial charge in [-0.25, -0.2) is 4.98 Å². The SMILES string of the molecule is CC1(C)C(=O)NCCN1C(=O)c1cccnc1N. The maximum atomic E-state index is 12.4. The third-order valence-electron chi connectivity index (χ3n) is 3.17. The zero-order chi connectivity index (χ0) is 13.3. The van der Waals surface area contributed by atoms with Crippen LogP contribution >= 0.6 is 0 Å². The van der Waals surface area contributed by atoms with Crippen LogP contribution in [0, 0.1) is 0 Å². The lowest BCUT2D eigenvalue weighted by Crippen LogP contribution is -2.63. The lowest BCUT2D eigenvalue weighted by atomic mass is 9.97. The van der Waals surface area contributed by atoms with Crippen molar-refractivity contribution in [2.24, 2.45) is 0 Å². The number of rotatable bonds is 1. The molecular weight excluding hydrogens is 232 g/mol. The van der Waals surface area contributed by atoms with Crippen LogP contribution in [0.25, 0.3) is 0 Å². The Morgan fingerprint density at radius 2 is 2.28 bits per heavy atom. The molecule has 0 aliphatic carbocycles. The first-order valence-corrected chi connectivity index (χ1v) is 5.75. The summed E-state index contributed by atoms with van der Waals surface area (Å²) in [5, 5.41) is 2.74. The highest BCUT2D eigenvalue weighted by molar-refractivity contribution is 6.02. The minimum atomic E-state index is -0.877. The number of nitrogens with two attached hydrogens (primary N) is 1. The summed E-state index contributed by atoms with van der Waals surface area (Å²) in [6.07, 6.45) is 1.53. The fourth-order valence-corrected chi connectivity index (χ4v) is 2.00. The first-order valence-electron chi connectivity index (χ1n) is 5.75. The van der Waals surface area contributed by atoms with Crippen LogP contribution < -0.4 is 11.1 Å². The molecule has 2 heterocycles. The Morgan fingerprint density at radius 1 is 1.56 bits per heavy atom. The second kappa shape index (κ2) is 4.29. The molecule has 2 rings (SSSR count). The standard InChI is InChI=1S/C12H16N4O2/c1-12(2)11(18)15-6-7-16(12)10(17)8-4-3-5-14-9(8)13/h3-5H,6-7H2,1-2H3,(H2,13,14)(H,15,18). The van der Waals surface area contributed by atoms with E-state index in [4.69, 9.17) is 5.73 Å². The molecule has 3 N–H and O–H groups in total. The number of nitrogens with one attached hydrogen (secondary N) is 1. The predicted molar refractivity (Wildman–Crippen MR) is 66.8 cm³/mol. The molecule has 0 radical (unpaired) electrons. The minimum Gasteiger partial charge on any atom is -0.383 e. The van der Waals surface area contributed by atoms with Crippen LogP contribution in [0.5, 0.6) is 0 Å². The van der Waals surface area contributed by atoms with E-state index in [0.29, 0.717) is 18.7 Å². The van der Waals surface area contributed by atoms with Crippen LogP contribution in [-0.2, 0) is 4.79 Å². The Bertz CT molecular complexity index is 499. The van der Waals surface area contributed by atoms with E-state index in [9.17, 15) is 9.59 Å². The van der Waals surface area contributed by atoms with Crippen molar-refractivity contribution in [2.45, 2.75) is 19.4 Å². The topological polar surface area (TPSA) is 88.3 Å². The molecule has 0 unspecified atom stereocenters. The van der Waals surface area contributed by atoms with Crippen LogP contribution in [0.2, 0.25) is 0 Å². The molecule has 1 fully saturated rings. The fourth-order valence-electron chi connectivity index (χ4n) is 2.00. The Balaban J connectivity index is 2.34. The summed E-state index contributed by atoms with van der Waals surface area (Å²) in [5.41, 5.74) is 5.15. The summed E-state index contributed by atoms with van der Waals surface area (Å²) in [7, 11) is 0. The second-order valence-electron chi connectivity index (χ2n) is 4.71. The lowest BCUT2D eigenvalue weighted by molar-refractivity contribution is -0.133. The van der Waals surface area contributed by atoms with Gasteiger partial charge in [-0.3, -0.25) is 9.59 Å². The van der Waals surface area contributed by atoms with Gasteiger partial charge in [-0.15, -0.1) is 0 Å². The summed E-state index contributed by atoms with van der Waals surface area (Å²) < 4.78 is 0. The van der Waals surface area contributed by atoms with Crippen LogP contribution in [0.15, 0.2) is 18.3 Å². The first-order chi connectivity index (χ1) is 8.44. The quantitative estimate of drug-likeness (QED) is 0.733. The molecule has 1 aromatic rings. The number of carbonyl (C=O) groups excluding carboxylic acids is 2. The predicted octanol–water partition coefficient (Wildman–Crippen LogP) is 0.0144. The van der Waals surface area contributed by atoms with Crippen molar-refractivity contribution in [3.63, 3.8) is 0 Å². The highest BCUT2D eigenvalue weighted by atomic mass is 16.2. The van der Waals surface area contributed by atoms with Gasteiger partial charge in [-0.1, -0.05) is 0 Å². The summed E-state index contributed by atoms with van der Waals surface area (Å²) in [5.74, 6) is -0.241. The van der Waals surface area contributed by atoms with Crippen molar-refractivity contribution in [1.82, 2.24) is 15.2 Å². The smallest absolute Gasteiger partial charge is 0.258 e. The van der Waals surface area contributed by atoms with Crippen LogP contribution in [-0.4, -0.2) is 40.3 Å². The number of amides is 2. The average Bonchev–Trinajstić information content (AvgIpc) is 2.32. The van der Waals surface area contributed by atoms with E-state index in [1.807, 2.05) is 0 Å². The van der Waals surface area contributed by atoms with Gasteiger partial charge in [0, 0.05) is 19.3 Å². The van der Waals surface area contributed by atoms with Crippen LogP contribution in [0.4, 0.5) is 5.82 Å². The van der Waals surface area contributed by atoms with Gasteiger partial charge in [-0.05, 0) is 26.0 Å². The van der Waals surface area contributed by atoms with Crippen molar-refractivity contribution < 1.29 is 9.59 Å². The van der Waals surface area contributed by atoms with E-state index in [1.165, 1.54) is 11.1 Å². The van der Waals surface area contributed by atoms with Crippen LogP contribution in [0.1, 0.15) is 24.2 Å². The van der Waals surface area contributed by atoms with E-state index in [0.717, 1.165) is 0 Å². The second-order valence-corrected chi connectivity index (χ2v) is 4.71.